The first-order valence-corrected chi connectivity index (χ1v) is 7.15. The zero-order valence-corrected chi connectivity index (χ0v) is 13.0. The van der Waals surface area contributed by atoms with Gasteiger partial charge < -0.3 is 5.32 Å². The maximum absolute atomic E-state index is 12.0. The minimum Gasteiger partial charge on any atom is -0.326 e. The van der Waals surface area contributed by atoms with E-state index in [1.807, 2.05) is 31.2 Å². The lowest BCUT2D eigenvalue weighted by atomic mass is 10.2. The summed E-state index contributed by atoms with van der Waals surface area (Å²) in [5.41, 5.74) is 5.15. The Morgan fingerprint density at radius 1 is 1.13 bits per heavy atom. The number of aromatic nitrogens is 1. The predicted molar refractivity (Wildman–Crippen MR) is 89.2 cm³/mol. The maximum Gasteiger partial charge on any atom is 0.271 e. The topological polar surface area (TPSA) is 83.5 Å². The highest BCUT2D eigenvalue weighted by atomic mass is 16.2. The summed E-state index contributed by atoms with van der Waals surface area (Å²) < 4.78 is 0. The number of rotatable bonds is 5. The zero-order valence-electron chi connectivity index (χ0n) is 13.0. The quantitative estimate of drug-likeness (QED) is 0.657. The number of benzene rings is 1. The number of hydrogen-bond donors (Lipinski definition) is 2. The number of nitrogens with one attached hydrogen (secondary N) is 2. The van der Waals surface area contributed by atoms with Crippen molar-refractivity contribution in [2.75, 3.05) is 5.32 Å². The average molecular weight is 310 g/mol. The average Bonchev–Trinajstić information content (AvgIpc) is 2.55. The van der Waals surface area contributed by atoms with Crippen LogP contribution in [0.4, 0.5) is 5.69 Å². The Bertz CT molecular complexity index is 726. The Kier molecular flexibility index (Phi) is 5.57. The van der Waals surface area contributed by atoms with E-state index in [0.717, 1.165) is 11.3 Å². The molecule has 2 amide bonds. The van der Waals surface area contributed by atoms with Crippen molar-refractivity contribution < 1.29 is 9.59 Å². The van der Waals surface area contributed by atoms with Crippen molar-refractivity contribution in [3.63, 3.8) is 0 Å². The third-order valence-corrected chi connectivity index (χ3v) is 3.13. The number of hydrazone groups is 1. The molecule has 2 rings (SSSR count). The lowest BCUT2D eigenvalue weighted by molar-refractivity contribution is -0.115. The van der Waals surface area contributed by atoms with Crippen molar-refractivity contribution >= 4 is 23.2 Å². The SMILES string of the molecule is C/C(CC(=O)Nc1ccccc1C)=N\NC(=O)c1ccncc1. The third-order valence-electron chi connectivity index (χ3n) is 3.13. The van der Waals surface area contributed by atoms with E-state index < -0.39 is 0 Å². The number of hydrogen-bond acceptors (Lipinski definition) is 4. The molecule has 0 aliphatic heterocycles. The van der Waals surface area contributed by atoms with Crippen LogP contribution in [0.5, 0.6) is 0 Å². The molecule has 118 valence electrons. The Labute approximate surface area is 134 Å². The summed E-state index contributed by atoms with van der Waals surface area (Å²) >= 11 is 0. The van der Waals surface area contributed by atoms with E-state index >= 15 is 0 Å². The van der Waals surface area contributed by atoms with Crippen LogP contribution in [0.3, 0.4) is 0 Å². The second-order valence-electron chi connectivity index (χ2n) is 5.06. The Balaban J connectivity index is 1.88. The van der Waals surface area contributed by atoms with Gasteiger partial charge >= 0.3 is 0 Å². The fourth-order valence-electron chi connectivity index (χ4n) is 1.89. The van der Waals surface area contributed by atoms with Crippen LogP contribution in [-0.2, 0) is 4.79 Å². The fraction of sp³-hybridized carbons (Fsp3) is 0.176. The van der Waals surface area contributed by atoms with Crippen molar-refractivity contribution in [2.24, 2.45) is 5.10 Å². The molecule has 0 atom stereocenters. The molecule has 0 unspecified atom stereocenters. The molecule has 0 saturated heterocycles. The van der Waals surface area contributed by atoms with Gasteiger partial charge in [0.05, 0.1) is 6.42 Å². The Morgan fingerprint density at radius 2 is 1.83 bits per heavy atom. The molecule has 0 aliphatic rings. The van der Waals surface area contributed by atoms with Gasteiger partial charge in [0.2, 0.25) is 5.91 Å². The maximum atomic E-state index is 12.0. The summed E-state index contributed by atoms with van der Waals surface area (Å²) in [5, 5.41) is 6.76. The van der Waals surface area contributed by atoms with E-state index in [1.165, 1.54) is 12.4 Å². The Morgan fingerprint density at radius 3 is 2.52 bits per heavy atom. The molecule has 1 aromatic carbocycles. The molecule has 0 aliphatic carbocycles. The number of aryl methyl sites for hydroxylation is 1. The molecule has 2 N–H and O–H groups in total. The van der Waals surface area contributed by atoms with Gasteiger partial charge in [0.1, 0.15) is 0 Å². The van der Waals surface area contributed by atoms with Gasteiger partial charge in [0, 0.05) is 29.4 Å². The molecule has 23 heavy (non-hydrogen) atoms. The number of carbonyl (C=O) groups excluding carboxylic acids is 2. The monoisotopic (exact) mass is 310 g/mol. The van der Waals surface area contributed by atoms with Gasteiger partial charge in [-0.1, -0.05) is 18.2 Å². The molecular formula is C17H18N4O2. The van der Waals surface area contributed by atoms with E-state index in [-0.39, 0.29) is 18.2 Å². The summed E-state index contributed by atoms with van der Waals surface area (Å²) in [7, 11) is 0. The van der Waals surface area contributed by atoms with Crippen LogP contribution < -0.4 is 10.7 Å². The molecule has 0 bridgehead atoms. The van der Waals surface area contributed by atoms with E-state index in [2.05, 4.69) is 20.8 Å². The lowest BCUT2D eigenvalue weighted by Crippen LogP contribution is -2.21. The fourth-order valence-corrected chi connectivity index (χ4v) is 1.89. The molecule has 0 saturated carbocycles. The largest absolute Gasteiger partial charge is 0.326 e. The highest BCUT2D eigenvalue weighted by Crippen LogP contribution is 2.13. The van der Waals surface area contributed by atoms with Gasteiger partial charge in [-0.15, -0.1) is 0 Å². The van der Waals surface area contributed by atoms with E-state index in [0.29, 0.717) is 11.3 Å². The van der Waals surface area contributed by atoms with Gasteiger partial charge in [-0.2, -0.15) is 5.10 Å². The van der Waals surface area contributed by atoms with Crippen molar-refractivity contribution in [3.8, 4) is 0 Å². The first-order chi connectivity index (χ1) is 11.1. The summed E-state index contributed by atoms with van der Waals surface area (Å²) in [6.07, 6.45) is 3.16. The van der Waals surface area contributed by atoms with Gasteiger partial charge in [0.15, 0.2) is 0 Å². The van der Waals surface area contributed by atoms with Gasteiger partial charge in [-0.25, -0.2) is 5.43 Å². The van der Waals surface area contributed by atoms with Gasteiger partial charge in [0.25, 0.3) is 5.91 Å². The van der Waals surface area contributed by atoms with Crippen molar-refractivity contribution in [3.05, 3.63) is 59.9 Å². The highest BCUT2D eigenvalue weighted by molar-refractivity contribution is 6.06. The molecule has 0 radical (unpaired) electrons. The third kappa shape index (κ3) is 5.03. The van der Waals surface area contributed by atoms with Crippen LogP contribution in [0.1, 0.15) is 29.3 Å². The summed E-state index contributed by atoms with van der Waals surface area (Å²) in [4.78, 5) is 27.6. The second kappa shape index (κ2) is 7.84. The number of nitrogens with zero attached hydrogens (tertiary/aromatic N) is 2. The van der Waals surface area contributed by atoms with E-state index in [9.17, 15) is 9.59 Å². The zero-order chi connectivity index (χ0) is 16.7. The normalized spacial score (nSPS) is 11.0. The summed E-state index contributed by atoms with van der Waals surface area (Å²) in [6, 6.07) is 10.7. The lowest BCUT2D eigenvalue weighted by Gasteiger charge is -2.08. The molecule has 6 nitrogen and oxygen atoms in total. The van der Waals surface area contributed by atoms with Gasteiger partial charge in [-0.3, -0.25) is 14.6 Å². The van der Waals surface area contributed by atoms with E-state index in [1.54, 1.807) is 19.1 Å². The second-order valence-corrected chi connectivity index (χ2v) is 5.06. The molecule has 0 fully saturated rings. The first-order valence-electron chi connectivity index (χ1n) is 7.15. The number of carbonyl (C=O) groups is 2. The molecule has 1 aromatic heterocycles. The van der Waals surface area contributed by atoms with Gasteiger partial charge in [-0.05, 0) is 37.6 Å². The van der Waals surface area contributed by atoms with Crippen LogP contribution in [0.15, 0.2) is 53.9 Å². The van der Waals surface area contributed by atoms with Crippen molar-refractivity contribution in [2.45, 2.75) is 20.3 Å². The van der Waals surface area contributed by atoms with Crippen LogP contribution in [0.25, 0.3) is 0 Å². The number of pyridine rings is 1. The molecular weight excluding hydrogens is 292 g/mol. The van der Waals surface area contributed by atoms with Crippen LogP contribution in [-0.4, -0.2) is 22.5 Å². The predicted octanol–water partition coefficient (Wildman–Crippen LogP) is 2.52. The number of amides is 2. The van der Waals surface area contributed by atoms with E-state index in [4.69, 9.17) is 0 Å². The molecule has 0 spiro atoms. The molecule has 1 heterocycles. The summed E-state index contributed by atoms with van der Waals surface area (Å²) in [6.45, 7) is 3.61. The smallest absolute Gasteiger partial charge is 0.271 e. The highest BCUT2D eigenvalue weighted by Gasteiger charge is 2.07. The van der Waals surface area contributed by atoms with Crippen LogP contribution in [0, 0.1) is 6.92 Å². The number of para-hydroxylation sites is 1. The molecule has 2 aromatic rings. The molecule has 6 heteroatoms. The van der Waals surface area contributed by atoms with Crippen molar-refractivity contribution in [1.29, 1.82) is 0 Å². The number of anilines is 1. The minimum absolute atomic E-state index is 0.102. The standard InChI is InChI=1S/C17H18N4O2/c1-12-5-3-4-6-15(12)19-16(22)11-13(2)20-21-17(23)14-7-9-18-10-8-14/h3-10H,11H2,1-2H3,(H,19,22)(H,21,23)/b20-13+. The first kappa shape index (κ1) is 16.4. The van der Waals surface area contributed by atoms with Crippen LogP contribution in [0.2, 0.25) is 0 Å². The summed E-state index contributed by atoms with van der Waals surface area (Å²) in [5.74, 6) is -0.523. The van der Waals surface area contributed by atoms with Crippen LogP contribution >= 0.6 is 0 Å². The Hall–Kier alpha value is -3.02. The minimum atomic E-state index is -0.342. The van der Waals surface area contributed by atoms with Crippen molar-refractivity contribution in [1.82, 2.24) is 10.4 Å².